The molecule has 1 amide bonds. The summed E-state index contributed by atoms with van der Waals surface area (Å²) in [6.07, 6.45) is 0. The molecule has 7 nitrogen and oxygen atoms in total. The summed E-state index contributed by atoms with van der Waals surface area (Å²) >= 11 is 0. The van der Waals surface area contributed by atoms with Gasteiger partial charge in [0.15, 0.2) is 6.61 Å². The van der Waals surface area contributed by atoms with Gasteiger partial charge in [0.1, 0.15) is 11.3 Å². The summed E-state index contributed by atoms with van der Waals surface area (Å²) in [5.74, 6) is -1.70. The SMILES string of the molecule is CCNC(=O)COc1cccc(C(=O)OC)c1C(=O)OC. The maximum Gasteiger partial charge on any atom is 0.342 e. The first kappa shape index (κ1) is 16.5. The van der Waals surface area contributed by atoms with Crippen LogP contribution in [0.15, 0.2) is 18.2 Å². The fourth-order valence-electron chi connectivity index (χ4n) is 1.64. The maximum atomic E-state index is 11.8. The number of methoxy groups -OCH3 is 2. The fraction of sp³-hybridized carbons (Fsp3) is 0.357. The third-order valence-corrected chi connectivity index (χ3v) is 2.55. The molecule has 0 aliphatic carbocycles. The first-order valence-electron chi connectivity index (χ1n) is 6.24. The Morgan fingerprint density at radius 1 is 1.10 bits per heavy atom. The van der Waals surface area contributed by atoms with Crippen LogP contribution in [0.25, 0.3) is 0 Å². The van der Waals surface area contributed by atoms with Gasteiger partial charge in [-0.15, -0.1) is 0 Å². The largest absolute Gasteiger partial charge is 0.483 e. The van der Waals surface area contributed by atoms with Gasteiger partial charge < -0.3 is 19.5 Å². The van der Waals surface area contributed by atoms with Crippen LogP contribution >= 0.6 is 0 Å². The number of hydrogen-bond acceptors (Lipinski definition) is 6. The number of benzene rings is 1. The molecule has 7 heteroatoms. The van der Waals surface area contributed by atoms with Crippen molar-refractivity contribution < 1.29 is 28.6 Å². The lowest BCUT2D eigenvalue weighted by atomic mass is 10.1. The highest BCUT2D eigenvalue weighted by atomic mass is 16.5. The van der Waals surface area contributed by atoms with Gasteiger partial charge in [-0.05, 0) is 19.1 Å². The second kappa shape index (κ2) is 7.88. The molecule has 0 radical (unpaired) electrons. The van der Waals surface area contributed by atoms with Crippen LogP contribution in [0, 0.1) is 0 Å². The zero-order valence-corrected chi connectivity index (χ0v) is 12.1. The molecule has 0 aromatic heterocycles. The molecule has 21 heavy (non-hydrogen) atoms. The van der Waals surface area contributed by atoms with E-state index >= 15 is 0 Å². The Balaban J connectivity index is 3.10. The molecule has 1 N–H and O–H groups in total. The Bertz CT molecular complexity index is 540. The molecule has 0 aliphatic rings. The Morgan fingerprint density at radius 3 is 2.33 bits per heavy atom. The van der Waals surface area contributed by atoms with E-state index in [9.17, 15) is 14.4 Å². The van der Waals surface area contributed by atoms with Crippen molar-refractivity contribution >= 4 is 17.8 Å². The number of nitrogens with one attached hydrogen (secondary N) is 1. The summed E-state index contributed by atoms with van der Waals surface area (Å²) in [4.78, 5) is 34.9. The van der Waals surface area contributed by atoms with Gasteiger partial charge in [-0.2, -0.15) is 0 Å². The topological polar surface area (TPSA) is 90.9 Å². The van der Waals surface area contributed by atoms with E-state index < -0.39 is 11.9 Å². The van der Waals surface area contributed by atoms with Crippen LogP contribution in [0.1, 0.15) is 27.6 Å². The first-order chi connectivity index (χ1) is 10.0. The lowest BCUT2D eigenvalue weighted by molar-refractivity contribution is -0.123. The summed E-state index contributed by atoms with van der Waals surface area (Å²) < 4.78 is 14.5. The number of ether oxygens (including phenoxy) is 3. The van der Waals surface area contributed by atoms with Crippen molar-refractivity contribution in [3.63, 3.8) is 0 Å². The van der Waals surface area contributed by atoms with Crippen LogP contribution in [0.3, 0.4) is 0 Å². The molecule has 114 valence electrons. The lowest BCUT2D eigenvalue weighted by Gasteiger charge is -2.12. The Labute approximate surface area is 122 Å². The van der Waals surface area contributed by atoms with Crippen LogP contribution in [0.4, 0.5) is 0 Å². The first-order valence-corrected chi connectivity index (χ1v) is 6.24. The lowest BCUT2D eigenvalue weighted by Crippen LogP contribution is -2.29. The minimum Gasteiger partial charge on any atom is -0.483 e. The van der Waals surface area contributed by atoms with Gasteiger partial charge in [0.25, 0.3) is 5.91 Å². The van der Waals surface area contributed by atoms with Crippen LogP contribution in [-0.2, 0) is 14.3 Å². The van der Waals surface area contributed by atoms with Crippen molar-refractivity contribution in [2.24, 2.45) is 0 Å². The van der Waals surface area contributed by atoms with E-state index in [2.05, 4.69) is 14.8 Å². The Hall–Kier alpha value is -2.57. The number of esters is 2. The van der Waals surface area contributed by atoms with Crippen molar-refractivity contribution in [2.45, 2.75) is 6.92 Å². The van der Waals surface area contributed by atoms with Gasteiger partial charge in [-0.25, -0.2) is 9.59 Å². The van der Waals surface area contributed by atoms with E-state index in [4.69, 9.17) is 4.74 Å². The monoisotopic (exact) mass is 295 g/mol. The Morgan fingerprint density at radius 2 is 1.76 bits per heavy atom. The second-order valence-corrected chi connectivity index (χ2v) is 3.90. The number of amides is 1. The number of carbonyl (C=O) groups excluding carboxylic acids is 3. The van der Waals surface area contributed by atoms with Gasteiger partial charge in [0.2, 0.25) is 0 Å². The predicted octanol–water partition coefficient (Wildman–Crippen LogP) is 0.775. The van der Waals surface area contributed by atoms with Crippen molar-refractivity contribution in [1.82, 2.24) is 5.32 Å². The maximum absolute atomic E-state index is 11.8. The smallest absolute Gasteiger partial charge is 0.342 e. The molecule has 0 bridgehead atoms. The van der Waals surface area contributed by atoms with E-state index in [-0.39, 0.29) is 29.4 Å². The van der Waals surface area contributed by atoms with Crippen molar-refractivity contribution in [2.75, 3.05) is 27.4 Å². The van der Waals surface area contributed by atoms with Gasteiger partial charge in [-0.1, -0.05) is 6.07 Å². The second-order valence-electron chi connectivity index (χ2n) is 3.90. The van der Waals surface area contributed by atoms with E-state index in [1.807, 2.05) is 0 Å². The van der Waals surface area contributed by atoms with Crippen LogP contribution in [0.5, 0.6) is 5.75 Å². The number of hydrogen-bond donors (Lipinski definition) is 1. The highest BCUT2D eigenvalue weighted by Gasteiger charge is 2.23. The Kier molecular flexibility index (Phi) is 6.19. The standard InChI is InChI=1S/C14H17NO6/c1-4-15-11(16)8-21-10-7-5-6-9(13(17)19-2)12(10)14(18)20-3/h5-7H,4,8H2,1-3H3,(H,15,16). The van der Waals surface area contributed by atoms with Crippen molar-refractivity contribution in [3.05, 3.63) is 29.3 Å². The summed E-state index contributed by atoms with van der Waals surface area (Å²) in [6.45, 7) is 1.96. The van der Waals surface area contributed by atoms with Crippen molar-refractivity contribution in [1.29, 1.82) is 0 Å². The molecular weight excluding hydrogens is 278 g/mol. The minimum atomic E-state index is -0.748. The molecule has 0 aliphatic heterocycles. The van der Waals surface area contributed by atoms with E-state index in [1.165, 1.54) is 32.4 Å². The molecular formula is C14H17NO6. The molecule has 1 rings (SSSR count). The normalized spacial score (nSPS) is 9.67. The molecule has 0 atom stereocenters. The van der Waals surface area contributed by atoms with Crippen LogP contribution < -0.4 is 10.1 Å². The van der Waals surface area contributed by atoms with E-state index in [0.717, 1.165) is 0 Å². The van der Waals surface area contributed by atoms with Crippen molar-refractivity contribution in [3.8, 4) is 5.75 Å². The summed E-state index contributed by atoms with van der Waals surface area (Å²) in [5, 5.41) is 2.56. The fourth-order valence-corrected chi connectivity index (χ4v) is 1.64. The highest BCUT2D eigenvalue weighted by Crippen LogP contribution is 2.24. The molecule has 1 aromatic rings. The molecule has 1 aromatic carbocycles. The quantitative estimate of drug-likeness (QED) is 0.780. The average molecular weight is 295 g/mol. The molecule has 0 unspecified atom stereocenters. The zero-order chi connectivity index (χ0) is 15.8. The van der Waals surface area contributed by atoms with Crippen LogP contribution in [-0.4, -0.2) is 45.2 Å². The summed E-state index contributed by atoms with van der Waals surface area (Å²) in [5.41, 5.74) is -0.0612. The molecule has 0 saturated carbocycles. The van der Waals surface area contributed by atoms with Gasteiger partial charge in [0.05, 0.1) is 19.8 Å². The van der Waals surface area contributed by atoms with Gasteiger partial charge >= 0.3 is 11.9 Å². The third-order valence-electron chi connectivity index (χ3n) is 2.55. The third kappa shape index (κ3) is 4.20. The molecule has 0 saturated heterocycles. The molecule has 0 fully saturated rings. The van der Waals surface area contributed by atoms with E-state index in [1.54, 1.807) is 6.92 Å². The minimum absolute atomic E-state index is 0.0118. The van der Waals surface area contributed by atoms with E-state index in [0.29, 0.717) is 6.54 Å². The summed E-state index contributed by atoms with van der Waals surface area (Å²) in [6, 6.07) is 4.40. The predicted molar refractivity (Wildman–Crippen MR) is 73.3 cm³/mol. The number of likely N-dealkylation sites (N-methyl/N-ethyl adjacent to an activating group) is 1. The molecule has 0 spiro atoms. The zero-order valence-electron chi connectivity index (χ0n) is 12.1. The number of carbonyl (C=O) groups is 3. The van der Waals surface area contributed by atoms with Gasteiger partial charge in [0, 0.05) is 6.54 Å². The summed E-state index contributed by atoms with van der Waals surface area (Å²) in [7, 11) is 2.38. The van der Waals surface area contributed by atoms with Crippen LogP contribution in [0.2, 0.25) is 0 Å². The highest BCUT2D eigenvalue weighted by molar-refractivity contribution is 6.05. The average Bonchev–Trinajstić information content (AvgIpc) is 2.51. The number of rotatable bonds is 6. The molecule has 0 heterocycles. The van der Waals surface area contributed by atoms with Gasteiger partial charge in [-0.3, -0.25) is 4.79 Å².